The third-order valence-electron chi connectivity index (χ3n) is 4.62. The number of hydrogen-bond donors (Lipinski definition) is 0. The number of nitrogens with zero attached hydrogens (tertiary/aromatic N) is 1. The zero-order valence-electron chi connectivity index (χ0n) is 15.9. The van der Waals surface area contributed by atoms with E-state index in [1.54, 1.807) is 39.9 Å². The van der Waals surface area contributed by atoms with Crippen molar-refractivity contribution in [3.63, 3.8) is 0 Å². The van der Waals surface area contributed by atoms with Crippen LogP contribution in [-0.2, 0) is 22.9 Å². The Balaban J connectivity index is 1.68. The second kappa shape index (κ2) is 10.7. The van der Waals surface area contributed by atoms with Crippen molar-refractivity contribution >= 4 is 48.9 Å². The predicted molar refractivity (Wildman–Crippen MR) is 125 cm³/mol. The Morgan fingerprint density at radius 2 is 1.66 bits per heavy atom. The van der Waals surface area contributed by atoms with Gasteiger partial charge in [-0.15, -0.1) is 11.3 Å². The molecule has 3 aromatic rings. The Labute approximate surface area is 190 Å². The lowest BCUT2D eigenvalue weighted by molar-refractivity contribution is 0.398. The van der Waals surface area contributed by atoms with E-state index < -0.39 is 10.0 Å². The van der Waals surface area contributed by atoms with E-state index >= 15 is 0 Å². The van der Waals surface area contributed by atoms with Crippen molar-refractivity contribution in [2.45, 2.75) is 30.6 Å². The standard InChI is InChI=1S/C22H23BrClNO2S2/c23-19-10-12-22(13-11-19)29(26,27)25(15-3-8-21-9-4-16-28-21)14-2-6-18-5-1-7-20(24)17-18/h1,4-5,7,9-13,16-17H,2-3,6,8,14-15H2. The molecule has 0 radical (unpaired) electrons. The van der Waals surface area contributed by atoms with Crippen molar-refractivity contribution in [3.8, 4) is 0 Å². The van der Waals surface area contributed by atoms with Crippen LogP contribution in [0.25, 0.3) is 0 Å². The minimum absolute atomic E-state index is 0.333. The molecular weight excluding hydrogens is 490 g/mol. The number of sulfonamides is 1. The summed E-state index contributed by atoms with van der Waals surface area (Å²) < 4.78 is 28.9. The lowest BCUT2D eigenvalue weighted by atomic mass is 10.1. The molecule has 29 heavy (non-hydrogen) atoms. The summed E-state index contributed by atoms with van der Waals surface area (Å²) in [4.78, 5) is 1.62. The number of thiophene rings is 1. The fourth-order valence-electron chi connectivity index (χ4n) is 3.14. The smallest absolute Gasteiger partial charge is 0.207 e. The van der Waals surface area contributed by atoms with Gasteiger partial charge in [0.1, 0.15) is 0 Å². The molecule has 1 heterocycles. The first-order valence-electron chi connectivity index (χ1n) is 9.48. The first-order chi connectivity index (χ1) is 13.9. The Hall–Kier alpha value is -1.18. The molecule has 0 bridgehead atoms. The zero-order valence-corrected chi connectivity index (χ0v) is 19.9. The van der Waals surface area contributed by atoms with Gasteiger partial charge in [0.2, 0.25) is 10.0 Å². The van der Waals surface area contributed by atoms with Gasteiger partial charge in [-0.1, -0.05) is 45.7 Å². The second-order valence-corrected chi connectivity index (χ2v) is 11.1. The minimum Gasteiger partial charge on any atom is -0.207 e. The van der Waals surface area contributed by atoms with Crippen LogP contribution in [0.2, 0.25) is 5.02 Å². The molecule has 1 aromatic heterocycles. The SMILES string of the molecule is O=S(=O)(c1ccc(Br)cc1)N(CCCc1cccc(Cl)c1)CCCc1cccs1. The summed E-state index contributed by atoms with van der Waals surface area (Å²) in [6, 6.07) is 18.7. The van der Waals surface area contributed by atoms with Gasteiger partial charge in [0.25, 0.3) is 0 Å². The lowest BCUT2D eigenvalue weighted by Gasteiger charge is -2.22. The number of hydrogen-bond acceptors (Lipinski definition) is 3. The molecule has 0 aliphatic carbocycles. The number of rotatable bonds is 10. The summed E-state index contributed by atoms with van der Waals surface area (Å²) in [7, 11) is -3.53. The summed E-state index contributed by atoms with van der Waals surface area (Å²) in [5, 5.41) is 2.76. The summed E-state index contributed by atoms with van der Waals surface area (Å²) in [6.07, 6.45) is 3.22. The van der Waals surface area contributed by atoms with Gasteiger partial charge < -0.3 is 0 Å². The quantitative estimate of drug-likeness (QED) is 0.314. The van der Waals surface area contributed by atoms with Crippen molar-refractivity contribution in [1.82, 2.24) is 4.31 Å². The highest BCUT2D eigenvalue weighted by Gasteiger charge is 2.23. The average molecular weight is 513 g/mol. The molecule has 0 aliphatic rings. The van der Waals surface area contributed by atoms with E-state index in [0.29, 0.717) is 23.0 Å². The molecule has 0 unspecified atom stereocenters. The minimum atomic E-state index is -3.53. The maximum atomic E-state index is 13.2. The van der Waals surface area contributed by atoms with E-state index in [0.717, 1.165) is 35.7 Å². The molecule has 0 amide bonds. The molecule has 154 valence electrons. The van der Waals surface area contributed by atoms with Crippen LogP contribution in [-0.4, -0.2) is 25.8 Å². The first-order valence-corrected chi connectivity index (χ1v) is 13.0. The lowest BCUT2D eigenvalue weighted by Crippen LogP contribution is -2.33. The molecule has 0 aliphatic heterocycles. The van der Waals surface area contributed by atoms with E-state index in [1.807, 2.05) is 30.3 Å². The average Bonchev–Trinajstić information content (AvgIpc) is 3.20. The molecule has 0 fully saturated rings. The third-order valence-corrected chi connectivity index (χ3v) is 8.24. The van der Waals surface area contributed by atoms with Gasteiger partial charge in [-0.25, -0.2) is 8.42 Å². The van der Waals surface area contributed by atoms with Crippen LogP contribution in [0, 0.1) is 0 Å². The zero-order chi connectivity index (χ0) is 20.7. The van der Waals surface area contributed by atoms with Gasteiger partial charge in [0.15, 0.2) is 0 Å². The van der Waals surface area contributed by atoms with Gasteiger partial charge in [-0.2, -0.15) is 4.31 Å². The molecule has 0 saturated heterocycles. The highest BCUT2D eigenvalue weighted by molar-refractivity contribution is 9.10. The fraction of sp³-hybridized carbons (Fsp3) is 0.273. The second-order valence-electron chi connectivity index (χ2n) is 6.77. The van der Waals surface area contributed by atoms with Gasteiger partial charge >= 0.3 is 0 Å². The monoisotopic (exact) mass is 511 g/mol. The summed E-state index contributed by atoms with van der Waals surface area (Å²) in [5.41, 5.74) is 1.12. The molecule has 0 atom stereocenters. The number of aryl methyl sites for hydroxylation is 2. The van der Waals surface area contributed by atoms with Crippen molar-refractivity contribution in [2.75, 3.05) is 13.1 Å². The molecule has 0 spiro atoms. The molecule has 3 nitrogen and oxygen atoms in total. The maximum absolute atomic E-state index is 13.2. The Bertz CT molecular complexity index is 1010. The van der Waals surface area contributed by atoms with Crippen molar-refractivity contribution in [2.24, 2.45) is 0 Å². The highest BCUT2D eigenvalue weighted by Crippen LogP contribution is 2.21. The highest BCUT2D eigenvalue weighted by atomic mass is 79.9. The van der Waals surface area contributed by atoms with E-state index in [9.17, 15) is 8.42 Å². The fourth-order valence-corrected chi connectivity index (χ4v) is 5.89. The summed E-state index contributed by atoms with van der Waals surface area (Å²) in [5.74, 6) is 0. The van der Waals surface area contributed by atoms with Crippen molar-refractivity contribution < 1.29 is 8.42 Å². The maximum Gasteiger partial charge on any atom is 0.243 e. The Kier molecular flexibility index (Phi) is 8.33. The van der Waals surface area contributed by atoms with Crippen molar-refractivity contribution in [3.05, 3.63) is 86.0 Å². The Morgan fingerprint density at radius 3 is 2.31 bits per heavy atom. The van der Waals surface area contributed by atoms with Gasteiger partial charge in [-0.05, 0) is 79.1 Å². The molecule has 2 aromatic carbocycles. The van der Waals surface area contributed by atoms with Crippen LogP contribution >= 0.6 is 38.9 Å². The molecule has 0 saturated carbocycles. The summed E-state index contributed by atoms with van der Waals surface area (Å²) >= 11 is 11.1. The number of benzene rings is 2. The van der Waals surface area contributed by atoms with E-state index in [1.165, 1.54) is 4.88 Å². The van der Waals surface area contributed by atoms with Crippen LogP contribution in [0.15, 0.2) is 75.4 Å². The summed E-state index contributed by atoms with van der Waals surface area (Å²) in [6.45, 7) is 0.987. The van der Waals surface area contributed by atoms with Crippen LogP contribution in [0.3, 0.4) is 0 Å². The van der Waals surface area contributed by atoms with E-state index in [-0.39, 0.29) is 0 Å². The molecular formula is C22H23BrClNO2S2. The largest absolute Gasteiger partial charge is 0.243 e. The molecule has 0 N–H and O–H groups in total. The molecule has 7 heteroatoms. The van der Waals surface area contributed by atoms with Crippen molar-refractivity contribution in [1.29, 1.82) is 0 Å². The van der Waals surface area contributed by atoms with E-state index in [2.05, 4.69) is 27.4 Å². The topological polar surface area (TPSA) is 37.4 Å². The first kappa shape index (κ1) is 22.5. The van der Waals surface area contributed by atoms with Crippen LogP contribution < -0.4 is 0 Å². The normalized spacial score (nSPS) is 11.8. The predicted octanol–water partition coefficient (Wildman–Crippen LogP) is 6.42. The number of halogens is 2. The van der Waals surface area contributed by atoms with Gasteiger partial charge in [0.05, 0.1) is 4.90 Å². The third kappa shape index (κ3) is 6.66. The van der Waals surface area contributed by atoms with E-state index in [4.69, 9.17) is 11.6 Å². The Morgan fingerprint density at radius 1 is 0.931 bits per heavy atom. The molecule has 3 rings (SSSR count). The van der Waals surface area contributed by atoms with Crippen LogP contribution in [0.5, 0.6) is 0 Å². The van der Waals surface area contributed by atoms with Crippen LogP contribution in [0.4, 0.5) is 0 Å². The van der Waals surface area contributed by atoms with Gasteiger partial charge in [0, 0.05) is 27.5 Å². The van der Waals surface area contributed by atoms with Crippen LogP contribution in [0.1, 0.15) is 23.3 Å². The van der Waals surface area contributed by atoms with Gasteiger partial charge in [-0.3, -0.25) is 0 Å².